The van der Waals surface area contributed by atoms with Crippen LogP contribution < -0.4 is 11.5 Å². The highest BCUT2D eigenvalue weighted by atomic mass is 16.1. The van der Waals surface area contributed by atoms with Crippen molar-refractivity contribution in [3.8, 4) is 11.1 Å². The number of carbonyl (C=O) groups excluding carboxylic acids is 1. The molecule has 0 unspecified atom stereocenters. The van der Waals surface area contributed by atoms with Crippen molar-refractivity contribution in [3.63, 3.8) is 0 Å². The molecular weight excluding hydrogens is 388 g/mol. The maximum atomic E-state index is 12.8. The lowest BCUT2D eigenvalue weighted by atomic mass is 9.63. The first kappa shape index (κ1) is 20.4. The number of nitrogens with two attached hydrogens (primary N) is 2. The van der Waals surface area contributed by atoms with Crippen LogP contribution in [0.3, 0.4) is 0 Å². The average Bonchev–Trinajstić information content (AvgIpc) is 2.74. The van der Waals surface area contributed by atoms with Crippen LogP contribution in [0.15, 0.2) is 70.9 Å². The van der Waals surface area contributed by atoms with E-state index in [0.29, 0.717) is 17.9 Å². The van der Waals surface area contributed by atoms with Gasteiger partial charge in [-0.1, -0.05) is 42.8 Å². The molecule has 1 aliphatic rings. The number of benzene rings is 2. The molecule has 1 amide bonds. The van der Waals surface area contributed by atoms with Crippen molar-refractivity contribution in [2.75, 3.05) is 5.73 Å². The average molecular weight is 412 g/mol. The summed E-state index contributed by atoms with van der Waals surface area (Å²) in [5, 5.41) is 0. The Balaban J connectivity index is 1.59. The number of aliphatic imine (C=N–C) groups is 2. The van der Waals surface area contributed by atoms with Crippen LogP contribution in [0.25, 0.3) is 11.1 Å². The van der Waals surface area contributed by atoms with Crippen molar-refractivity contribution in [1.82, 2.24) is 9.97 Å². The molecule has 0 bridgehead atoms. The summed E-state index contributed by atoms with van der Waals surface area (Å²) < 4.78 is 0. The maximum absolute atomic E-state index is 12.8. The van der Waals surface area contributed by atoms with Gasteiger partial charge in [0, 0.05) is 23.5 Å². The molecular formula is C24H24N6O. The van der Waals surface area contributed by atoms with Gasteiger partial charge in [-0.2, -0.15) is 4.99 Å². The van der Waals surface area contributed by atoms with E-state index in [4.69, 9.17) is 11.5 Å². The first-order valence-electron chi connectivity index (χ1n) is 10.1. The topological polar surface area (TPSA) is 120 Å². The van der Waals surface area contributed by atoms with E-state index in [-0.39, 0.29) is 11.9 Å². The molecule has 7 nitrogen and oxygen atoms in total. The number of nitrogen functional groups attached to an aromatic ring is 1. The number of anilines is 1. The lowest BCUT2D eigenvalue weighted by Gasteiger charge is -2.41. The third-order valence-electron chi connectivity index (χ3n) is 5.83. The van der Waals surface area contributed by atoms with E-state index in [1.807, 2.05) is 36.4 Å². The molecule has 0 radical (unpaired) electrons. The summed E-state index contributed by atoms with van der Waals surface area (Å²) in [4.78, 5) is 29.0. The zero-order valence-electron chi connectivity index (χ0n) is 17.2. The molecule has 1 saturated carbocycles. The molecule has 0 atom stereocenters. The quantitative estimate of drug-likeness (QED) is 0.474. The van der Waals surface area contributed by atoms with Gasteiger partial charge in [-0.3, -0.25) is 9.79 Å². The van der Waals surface area contributed by atoms with Crippen LogP contribution in [0, 0.1) is 0 Å². The van der Waals surface area contributed by atoms with Crippen molar-refractivity contribution in [3.05, 3.63) is 77.6 Å². The standard InChI is InChI=1S/C24H24N6O/c1-27-13-16-4-2-5-18(12-16)21(31)30-22(25)24(10-3-11-24)20-8-6-17(7-9-20)19-14-28-23(26)29-15-19/h2,4-9,12,14-15H,1,3,10-11,13H2,(H2,25,30,31)(H2,26,28,29). The first-order chi connectivity index (χ1) is 15.0. The highest BCUT2D eigenvalue weighted by molar-refractivity contribution is 6.06. The van der Waals surface area contributed by atoms with E-state index >= 15 is 0 Å². The van der Waals surface area contributed by atoms with Gasteiger partial charge in [0.2, 0.25) is 5.95 Å². The van der Waals surface area contributed by atoms with Crippen LogP contribution in [0.4, 0.5) is 5.95 Å². The molecule has 0 aliphatic heterocycles. The summed E-state index contributed by atoms with van der Waals surface area (Å²) in [5.41, 5.74) is 15.9. The van der Waals surface area contributed by atoms with Gasteiger partial charge < -0.3 is 11.5 Å². The Morgan fingerprint density at radius 2 is 1.77 bits per heavy atom. The molecule has 4 N–H and O–H groups in total. The molecule has 1 aromatic heterocycles. The fraction of sp³-hybridized carbons (Fsp3) is 0.208. The van der Waals surface area contributed by atoms with Crippen LogP contribution in [-0.4, -0.2) is 28.4 Å². The number of hydrogen-bond donors (Lipinski definition) is 2. The van der Waals surface area contributed by atoms with E-state index < -0.39 is 5.41 Å². The lowest BCUT2D eigenvalue weighted by molar-refractivity contribution is 0.100. The SMILES string of the molecule is C=NCc1cccc(C(=O)N=C(N)C2(c3ccc(-c4cnc(N)nc4)cc3)CCC2)c1. The Bertz CT molecular complexity index is 1130. The Morgan fingerprint density at radius 3 is 2.39 bits per heavy atom. The molecule has 1 aliphatic carbocycles. The van der Waals surface area contributed by atoms with Crippen molar-refractivity contribution in [2.45, 2.75) is 31.2 Å². The Labute approximate surface area is 181 Å². The van der Waals surface area contributed by atoms with Crippen molar-refractivity contribution < 1.29 is 4.79 Å². The van der Waals surface area contributed by atoms with Crippen LogP contribution in [0.2, 0.25) is 0 Å². The second-order valence-corrected chi connectivity index (χ2v) is 7.73. The minimum absolute atomic E-state index is 0.244. The first-order valence-corrected chi connectivity index (χ1v) is 10.1. The third kappa shape index (κ3) is 4.07. The summed E-state index contributed by atoms with van der Waals surface area (Å²) in [5.74, 6) is 0.263. The Kier molecular flexibility index (Phi) is 5.58. The zero-order chi connectivity index (χ0) is 21.8. The van der Waals surface area contributed by atoms with Gasteiger partial charge >= 0.3 is 0 Å². The number of aromatic nitrogens is 2. The smallest absolute Gasteiger partial charge is 0.278 e. The summed E-state index contributed by atoms with van der Waals surface area (Å²) >= 11 is 0. The number of rotatable bonds is 6. The predicted molar refractivity (Wildman–Crippen MR) is 123 cm³/mol. The summed E-state index contributed by atoms with van der Waals surface area (Å²) in [6.45, 7) is 3.95. The Hall–Kier alpha value is -3.87. The van der Waals surface area contributed by atoms with E-state index in [1.165, 1.54) is 0 Å². The second kappa shape index (κ2) is 8.47. The fourth-order valence-corrected chi connectivity index (χ4v) is 3.90. The van der Waals surface area contributed by atoms with Gasteiger partial charge in [0.15, 0.2) is 0 Å². The highest BCUT2D eigenvalue weighted by Crippen LogP contribution is 2.44. The van der Waals surface area contributed by atoms with Crippen molar-refractivity contribution in [1.29, 1.82) is 0 Å². The van der Waals surface area contributed by atoms with Gasteiger partial charge in [0.05, 0.1) is 12.0 Å². The van der Waals surface area contributed by atoms with Gasteiger partial charge in [-0.05, 0) is 48.4 Å². The largest absolute Gasteiger partial charge is 0.386 e. The predicted octanol–water partition coefficient (Wildman–Crippen LogP) is 3.55. The van der Waals surface area contributed by atoms with Crippen LogP contribution in [0.5, 0.6) is 0 Å². The minimum Gasteiger partial charge on any atom is -0.386 e. The summed E-state index contributed by atoms with van der Waals surface area (Å²) in [6, 6.07) is 15.3. The van der Waals surface area contributed by atoms with E-state index in [2.05, 4.69) is 26.7 Å². The zero-order valence-corrected chi connectivity index (χ0v) is 17.2. The lowest BCUT2D eigenvalue weighted by Crippen LogP contribution is -2.47. The summed E-state index contributed by atoms with van der Waals surface area (Å²) in [6.07, 6.45) is 6.15. The van der Waals surface area contributed by atoms with Gasteiger partial charge in [-0.15, -0.1) is 0 Å². The number of nitrogens with zero attached hydrogens (tertiary/aromatic N) is 4. The molecule has 0 saturated heterocycles. The molecule has 1 heterocycles. The van der Waals surface area contributed by atoms with Gasteiger partial charge in [0.1, 0.15) is 5.84 Å². The van der Waals surface area contributed by atoms with E-state index in [9.17, 15) is 4.79 Å². The van der Waals surface area contributed by atoms with Crippen LogP contribution in [-0.2, 0) is 12.0 Å². The summed E-state index contributed by atoms with van der Waals surface area (Å²) in [7, 11) is 0. The van der Waals surface area contributed by atoms with Gasteiger partial charge in [-0.25, -0.2) is 9.97 Å². The monoisotopic (exact) mass is 412 g/mol. The maximum Gasteiger partial charge on any atom is 0.278 e. The van der Waals surface area contributed by atoms with Crippen molar-refractivity contribution >= 4 is 24.4 Å². The van der Waals surface area contributed by atoms with Crippen LogP contribution in [0.1, 0.15) is 40.7 Å². The highest BCUT2D eigenvalue weighted by Gasteiger charge is 2.42. The van der Waals surface area contributed by atoms with Crippen molar-refractivity contribution in [2.24, 2.45) is 15.7 Å². The molecule has 156 valence electrons. The molecule has 1 fully saturated rings. The van der Waals surface area contributed by atoms with E-state index in [1.54, 1.807) is 24.5 Å². The molecule has 3 aromatic rings. The number of carbonyl (C=O) groups is 1. The fourth-order valence-electron chi connectivity index (χ4n) is 3.90. The molecule has 4 rings (SSSR count). The third-order valence-corrected chi connectivity index (χ3v) is 5.83. The molecule has 31 heavy (non-hydrogen) atoms. The number of hydrogen-bond acceptors (Lipinski definition) is 5. The normalized spacial score (nSPS) is 15.2. The number of amides is 1. The second-order valence-electron chi connectivity index (χ2n) is 7.73. The van der Waals surface area contributed by atoms with Gasteiger partial charge in [0.25, 0.3) is 5.91 Å². The van der Waals surface area contributed by atoms with Crippen LogP contribution >= 0.6 is 0 Å². The molecule has 2 aromatic carbocycles. The number of amidine groups is 1. The Morgan fingerprint density at radius 1 is 1.06 bits per heavy atom. The minimum atomic E-state index is -0.411. The molecule has 0 spiro atoms. The molecule has 7 heteroatoms. The van der Waals surface area contributed by atoms with E-state index in [0.717, 1.165) is 41.5 Å².